The first-order chi connectivity index (χ1) is 8.16. The third-order valence-electron chi connectivity index (χ3n) is 2.46. The topological polar surface area (TPSA) is 55.1 Å². The molecule has 0 bridgehead atoms. The molecule has 4 heteroatoms. The SMILES string of the molecule is Cc1cc(C(=O)NCc2cccnc2)c(C)o1. The minimum Gasteiger partial charge on any atom is -0.466 e. The van der Waals surface area contributed by atoms with Crippen molar-refractivity contribution in [2.45, 2.75) is 20.4 Å². The first-order valence-electron chi connectivity index (χ1n) is 5.41. The summed E-state index contributed by atoms with van der Waals surface area (Å²) in [6.45, 7) is 4.08. The Morgan fingerprint density at radius 2 is 2.29 bits per heavy atom. The molecule has 1 N–H and O–H groups in total. The summed E-state index contributed by atoms with van der Waals surface area (Å²) in [5, 5.41) is 2.83. The van der Waals surface area contributed by atoms with Gasteiger partial charge in [0.15, 0.2) is 0 Å². The van der Waals surface area contributed by atoms with E-state index in [2.05, 4.69) is 10.3 Å². The van der Waals surface area contributed by atoms with Crippen molar-refractivity contribution in [3.05, 3.63) is 53.2 Å². The van der Waals surface area contributed by atoms with Gasteiger partial charge in [-0.2, -0.15) is 0 Å². The molecule has 0 aliphatic rings. The largest absolute Gasteiger partial charge is 0.466 e. The number of carbonyl (C=O) groups is 1. The van der Waals surface area contributed by atoms with Crippen LogP contribution in [0, 0.1) is 13.8 Å². The van der Waals surface area contributed by atoms with E-state index >= 15 is 0 Å². The maximum atomic E-state index is 11.9. The predicted molar refractivity (Wildman–Crippen MR) is 63.6 cm³/mol. The van der Waals surface area contributed by atoms with E-state index < -0.39 is 0 Å². The molecule has 0 spiro atoms. The molecule has 2 heterocycles. The summed E-state index contributed by atoms with van der Waals surface area (Å²) in [6, 6.07) is 5.50. The third kappa shape index (κ3) is 2.72. The molecular weight excluding hydrogens is 216 g/mol. The number of nitrogens with one attached hydrogen (secondary N) is 1. The Balaban J connectivity index is 2.01. The van der Waals surface area contributed by atoms with Crippen molar-refractivity contribution in [3.63, 3.8) is 0 Å². The van der Waals surface area contributed by atoms with Crippen molar-refractivity contribution in [1.82, 2.24) is 10.3 Å². The van der Waals surface area contributed by atoms with Crippen molar-refractivity contribution in [2.75, 3.05) is 0 Å². The van der Waals surface area contributed by atoms with Crippen LogP contribution in [0.2, 0.25) is 0 Å². The van der Waals surface area contributed by atoms with Crippen LogP contribution in [0.25, 0.3) is 0 Å². The molecule has 88 valence electrons. The molecule has 0 saturated heterocycles. The standard InChI is InChI=1S/C13H14N2O2/c1-9-6-12(10(2)17-9)13(16)15-8-11-4-3-5-14-7-11/h3-7H,8H2,1-2H3,(H,15,16). The molecule has 0 atom stereocenters. The molecule has 17 heavy (non-hydrogen) atoms. The minimum absolute atomic E-state index is 0.122. The number of furan rings is 1. The molecule has 4 nitrogen and oxygen atoms in total. The van der Waals surface area contributed by atoms with Crippen molar-refractivity contribution in [2.24, 2.45) is 0 Å². The number of aryl methyl sites for hydroxylation is 2. The molecule has 2 rings (SSSR count). The average molecular weight is 230 g/mol. The van der Waals surface area contributed by atoms with Gasteiger partial charge in [-0.25, -0.2) is 0 Å². The van der Waals surface area contributed by atoms with Crippen molar-refractivity contribution in [3.8, 4) is 0 Å². The van der Waals surface area contributed by atoms with Crippen LogP contribution in [-0.2, 0) is 6.54 Å². The van der Waals surface area contributed by atoms with Crippen molar-refractivity contribution >= 4 is 5.91 Å². The van der Waals surface area contributed by atoms with Crippen LogP contribution in [0.1, 0.15) is 27.4 Å². The fourth-order valence-electron chi connectivity index (χ4n) is 1.64. The Labute approximate surface area is 99.7 Å². The monoisotopic (exact) mass is 230 g/mol. The number of pyridine rings is 1. The van der Waals surface area contributed by atoms with Gasteiger partial charge >= 0.3 is 0 Å². The summed E-state index contributed by atoms with van der Waals surface area (Å²) in [4.78, 5) is 15.8. The molecule has 1 amide bonds. The minimum atomic E-state index is -0.122. The summed E-state index contributed by atoms with van der Waals surface area (Å²) in [5.41, 5.74) is 1.56. The number of nitrogens with zero attached hydrogens (tertiary/aromatic N) is 1. The van der Waals surface area contributed by atoms with E-state index in [0.717, 1.165) is 11.3 Å². The van der Waals surface area contributed by atoms with Gasteiger partial charge in [0.25, 0.3) is 5.91 Å². The van der Waals surface area contributed by atoms with Gasteiger partial charge in [-0.1, -0.05) is 6.07 Å². The van der Waals surface area contributed by atoms with Gasteiger partial charge in [0.2, 0.25) is 0 Å². The van der Waals surface area contributed by atoms with E-state index in [0.29, 0.717) is 17.9 Å². The van der Waals surface area contributed by atoms with Gasteiger partial charge in [-0.05, 0) is 31.5 Å². The average Bonchev–Trinajstić information content (AvgIpc) is 2.67. The number of hydrogen-bond donors (Lipinski definition) is 1. The summed E-state index contributed by atoms with van der Waals surface area (Å²) in [7, 11) is 0. The first-order valence-corrected chi connectivity index (χ1v) is 5.41. The Morgan fingerprint density at radius 3 is 2.88 bits per heavy atom. The Kier molecular flexibility index (Phi) is 3.23. The van der Waals surface area contributed by atoms with Crippen molar-refractivity contribution < 1.29 is 9.21 Å². The van der Waals surface area contributed by atoms with Gasteiger partial charge in [-0.15, -0.1) is 0 Å². The molecule has 0 unspecified atom stereocenters. The number of amides is 1. The molecule has 0 aliphatic carbocycles. The lowest BCUT2D eigenvalue weighted by Gasteiger charge is -2.03. The molecule has 0 aliphatic heterocycles. The highest BCUT2D eigenvalue weighted by atomic mass is 16.3. The van der Waals surface area contributed by atoms with Gasteiger partial charge in [0.05, 0.1) is 5.56 Å². The normalized spacial score (nSPS) is 10.2. The van der Waals surface area contributed by atoms with Crippen LogP contribution < -0.4 is 5.32 Å². The van der Waals surface area contributed by atoms with E-state index in [4.69, 9.17) is 4.42 Å². The highest BCUT2D eigenvalue weighted by molar-refractivity contribution is 5.95. The maximum Gasteiger partial charge on any atom is 0.255 e. The first kappa shape index (κ1) is 11.4. The van der Waals surface area contributed by atoms with Crippen molar-refractivity contribution in [1.29, 1.82) is 0 Å². The summed E-state index contributed by atoms with van der Waals surface area (Å²) in [6.07, 6.45) is 3.43. The van der Waals surface area contributed by atoms with Crippen LogP contribution in [0.15, 0.2) is 35.0 Å². The fraction of sp³-hybridized carbons (Fsp3) is 0.231. The van der Waals surface area contributed by atoms with Crippen LogP contribution in [-0.4, -0.2) is 10.9 Å². The zero-order valence-electron chi connectivity index (χ0n) is 9.86. The second-order valence-corrected chi connectivity index (χ2v) is 3.87. The van der Waals surface area contributed by atoms with Crippen LogP contribution >= 0.6 is 0 Å². The lowest BCUT2D eigenvalue weighted by Crippen LogP contribution is -2.22. The Hall–Kier alpha value is -2.10. The summed E-state index contributed by atoms with van der Waals surface area (Å²) >= 11 is 0. The van der Waals surface area contributed by atoms with Gasteiger partial charge in [-0.3, -0.25) is 9.78 Å². The Bertz CT molecular complexity index is 517. The van der Waals surface area contributed by atoms with Gasteiger partial charge in [0.1, 0.15) is 11.5 Å². The van der Waals surface area contributed by atoms with E-state index in [9.17, 15) is 4.79 Å². The molecular formula is C13H14N2O2. The van der Waals surface area contributed by atoms with E-state index in [-0.39, 0.29) is 5.91 Å². The number of carbonyl (C=O) groups excluding carboxylic acids is 1. The van der Waals surface area contributed by atoms with E-state index in [1.807, 2.05) is 19.1 Å². The molecule has 0 aromatic carbocycles. The van der Waals surface area contributed by atoms with Crippen LogP contribution in [0.5, 0.6) is 0 Å². The third-order valence-corrected chi connectivity index (χ3v) is 2.46. The van der Waals surface area contributed by atoms with E-state index in [1.165, 1.54) is 0 Å². The second kappa shape index (κ2) is 4.82. The highest BCUT2D eigenvalue weighted by Crippen LogP contribution is 2.13. The molecule has 2 aromatic heterocycles. The van der Waals surface area contributed by atoms with E-state index in [1.54, 1.807) is 25.4 Å². The zero-order valence-corrected chi connectivity index (χ0v) is 9.86. The predicted octanol–water partition coefficient (Wildman–Crippen LogP) is 2.22. The number of hydrogen-bond acceptors (Lipinski definition) is 3. The molecule has 2 aromatic rings. The molecule has 0 saturated carbocycles. The quantitative estimate of drug-likeness (QED) is 0.879. The Morgan fingerprint density at radius 1 is 1.47 bits per heavy atom. The number of aromatic nitrogens is 1. The van der Waals surface area contributed by atoms with Crippen LogP contribution in [0.4, 0.5) is 0 Å². The fourth-order valence-corrected chi connectivity index (χ4v) is 1.64. The maximum absolute atomic E-state index is 11.9. The van der Waals surface area contributed by atoms with Crippen LogP contribution in [0.3, 0.4) is 0 Å². The number of rotatable bonds is 3. The summed E-state index contributed by atoms with van der Waals surface area (Å²) in [5.74, 6) is 1.27. The zero-order chi connectivity index (χ0) is 12.3. The summed E-state index contributed by atoms with van der Waals surface area (Å²) < 4.78 is 5.31. The lowest BCUT2D eigenvalue weighted by molar-refractivity contribution is 0.0949. The molecule has 0 fully saturated rings. The lowest BCUT2D eigenvalue weighted by atomic mass is 10.2. The highest BCUT2D eigenvalue weighted by Gasteiger charge is 2.12. The second-order valence-electron chi connectivity index (χ2n) is 3.87. The smallest absolute Gasteiger partial charge is 0.255 e. The van der Waals surface area contributed by atoms with Gasteiger partial charge < -0.3 is 9.73 Å². The molecule has 0 radical (unpaired) electrons. The van der Waals surface area contributed by atoms with Gasteiger partial charge in [0, 0.05) is 18.9 Å².